The Labute approximate surface area is 169 Å². The van der Waals surface area contributed by atoms with E-state index in [-0.39, 0.29) is 5.91 Å². The van der Waals surface area contributed by atoms with Gasteiger partial charge in [0.25, 0.3) is 0 Å². The van der Waals surface area contributed by atoms with E-state index in [0.717, 1.165) is 30.0 Å². The van der Waals surface area contributed by atoms with Crippen molar-refractivity contribution in [1.82, 2.24) is 4.90 Å². The van der Waals surface area contributed by atoms with Crippen molar-refractivity contribution in [1.29, 1.82) is 0 Å². The number of carbonyl (C=O) groups excluding carboxylic acids is 1. The van der Waals surface area contributed by atoms with Crippen LogP contribution in [0.2, 0.25) is 0 Å². The Morgan fingerprint density at radius 1 is 1.32 bits per heavy atom. The zero-order valence-corrected chi connectivity index (χ0v) is 18.0. The average molecular weight is 383 g/mol. The van der Waals surface area contributed by atoms with Gasteiger partial charge in [0.05, 0.1) is 5.76 Å². The molecule has 4 heteroatoms. The highest BCUT2D eigenvalue weighted by molar-refractivity contribution is 5.96. The summed E-state index contributed by atoms with van der Waals surface area (Å²) in [6.45, 7) is 10.6. The fourth-order valence-corrected chi connectivity index (χ4v) is 4.37. The third-order valence-electron chi connectivity index (χ3n) is 6.02. The molecule has 2 heterocycles. The topological polar surface area (TPSA) is 32.8 Å². The number of allylic oxidation sites excluding steroid dienone is 4. The molecule has 152 valence electrons. The zero-order valence-electron chi connectivity index (χ0n) is 18.0. The Balaban J connectivity index is 1.69. The van der Waals surface area contributed by atoms with Crippen molar-refractivity contribution in [3.8, 4) is 0 Å². The Morgan fingerprint density at radius 3 is 2.82 bits per heavy atom. The van der Waals surface area contributed by atoms with Gasteiger partial charge in [0.2, 0.25) is 5.91 Å². The van der Waals surface area contributed by atoms with Gasteiger partial charge in [-0.2, -0.15) is 0 Å². The minimum absolute atomic E-state index is 0.193. The second kappa shape index (κ2) is 8.95. The molecule has 0 radical (unpaired) electrons. The molecule has 1 amide bonds. The molecule has 4 nitrogen and oxygen atoms in total. The smallest absolute Gasteiger partial charge is 0.227 e. The largest absolute Gasteiger partial charge is 0.497 e. The number of anilines is 1. The van der Waals surface area contributed by atoms with Crippen LogP contribution in [0.3, 0.4) is 0 Å². The highest BCUT2D eigenvalue weighted by atomic mass is 16.5. The summed E-state index contributed by atoms with van der Waals surface area (Å²) in [5.74, 6) is 1.15. The van der Waals surface area contributed by atoms with Gasteiger partial charge in [-0.05, 0) is 88.4 Å². The van der Waals surface area contributed by atoms with Crippen LogP contribution in [0, 0.1) is 0 Å². The van der Waals surface area contributed by atoms with E-state index in [9.17, 15) is 4.79 Å². The highest BCUT2D eigenvalue weighted by Gasteiger charge is 2.27. The summed E-state index contributed by atoms with van der Waals surface area (Å²) in [5.41, 5.74) is 4.61. The first-order chi connectivity index (χ1) is 13.4. The monoisotopic (exact) mass is 382 g/mol. The molecule has 0 bridgehead atoms. The van der Waals surface area contributed by atoms with E-state index in [2.05, 4.69) is 56.0 Å². The number of aryl methyl sites for hydroxylation is 1. The van der Waals surface area contributed by atoms with Gasteiger partial charge in [0.15, 0.2) is 0 Å². The van der Waals surface area contributed by atoms with Crippen LogP contribution < -0.4 is 4.90 Å². The van der Waals surface area contributed by atoms with Crippen molar-refractivity contribution < 1.29 is 9.53 Å². The van der Waals surface area contributed by atoms with Gasteiger partial charge in [-0.25, -0.2) is 0 Å². The lowest BCUT2D eigenvalue weighted by Gasteiger charge is -2.28. The van der Waals surface area contributed by atoms with Gasteiger partial charge in [-0.15, -0.1) is 0 Å². The molecule has 3 rings (SSSR count). The summed E-state index contributed by atoms with van der Waals surface area (Å²) in [6, 6.07) is 7.48. The number of carbonyl (C=O) groups is 1. The minimum atomic E-state index is 0.193. The van der Waals surface area contributed by atoms with Gasteiger partial charge in [-0.1, -0.05) is 12.1 Å². The van der Waals surface area contributed by atoms with Gasteiger partial charge >= 0.3 is 0 Å². The summed E-state index contributed by atoms with van der Waals surface area (Å²) in [7, 11) is 1.86. The number of fused-ring (bicyclic) bond motifs is 1. The SMILES string of the molecule is CC=C(C=C(C)OCC1CCCN1C(C)C)c1ccc2c(c1)CCC(=O)N2C. The van der Waals surface area contributed by atoms with Crippen LogP contribution >= 0.6 is 0 Å². The van der Waals surface area contributed by atoms with Crippen LogP contribution in [-0.2, 0) is 16.0 Å². The first-order valence-electron chi connectivity index (χ1n) is 10.5. The molecule has 0 aliphatic carbocycles. The van der Waals surface area contributed by atoms with Crippen LogP contribution in [0.4, 0.5) is 5.69 Å². The molecule has 1 saturated heterocycles. The number of rotatable bonds is 6. The molecule has 0 spiro atoms. The van der Waals surface area contributed by atoms with Crippen LogP contribution in [-0.4, -0.2) is 43.1 Å². The lowest BCUT2D eigenvalue weighted by molar-refractivity contribution is -0.118. The van der Waals surface area contributed by atoms with Crippen molar-refractivity contribution in [2.24, 2.45) is 0 Å². The van der Waals surface area contributed by atoms with E-state index >= 15 is 0 Å². The second-order valence-electron chi connectivity index (χ2n) is 8.23. The number of ether oxygens (including phenoxy) is 1. The Kier molecular flexibility index (Phi) is 6.61. The maximum Gasteiger partial charge on any atom is 0.227 e. The quantitative estimate of drug-likeness (QED) is 0.524. The molecular weight excluding hydrogens is 348 g/mol. The number of hydrogen-bond acceptors (Lipinski definition) is 3. The lowest BCUT2D eigenvalue weighted by Crippen LogP contribution is -2.38. The molecule has 0 aromatic heterocycles. The molecule has 2 aliphatic heterocycles. The molecule has 1 atom stereocenters. The van der Waals surface area contributed by atoms with Crippen LogP contribution in [0.25, 0.3) is 5.57 Å². The van der Waals surface area contributed by atoms with Gasteiger partial charge in [-0.3, -0.25) is 9.69 Å². The molecule has 0 saturated carbocycles. The van der Waals surface area contributed by atoms with Crippen molar-refractivity contribution in [2.45, 2.75) is 65.5 Å². The molecular formula is C24H34N2O2. The van der Waals surface area contributed by atoms with Crippen molar-refractivity contribution >= 4 is 17.2 Å². The molecule has 2 aliphatic rings. The number of nitrogens with zero attached hydrogens (tertiary/aromatic N) is 2. The Bertz CT molecular complexity index is 779. The summed E-state index contributed by atoms with van der Waals surface area (Å²) in [6.07, 6.45) is 8.15. The lowest BCUT2D eigenvalue weighted by atomic mass is 9.95. The molecule has 1 fully saturated rings. The van der Waals surface area contributed by atoms with Crippen molar-refractivity contribution in [3.05, 3.63) is 47.2 Å². The van der Waals surface area contributed by atoms with Crippen molar-refractivity contribution in [2.75, 3.05) is 25.1 Å². The summed E-state index contributed by atoms with van der Waals surface area (Å²) >= 11 is 0. The fraction of sp³-hybridized carbons (Fsp3) is 0.542. The predicted molar refractivity (Wildman–Crippen MR) is 116 cm³/mol. The van der Waals surface area contributed by atoms with Gasteiger partial charge in [0.1, 0.15) is 6.61 Å². The number of benzene rings is 1. The summed E-state index contributed by atoms with van der Waals surface area (Å²) in [4.78, 5) is 16.2. The normalized spacial score (nSPS) is 21.4. The van der Waals surface area contributed by atoms with Crippen molar-refractivity contribution in [3.63, 3.8) is 0 Å². The third-order valence-corrected chi connectivity index (χ3v) is 6.02. The van der Waals surface area contributed by atoms with Gasteiger partial charge in [0, 0.05) is 31.2 Å². The van der Waals surface area contributed by atoms with Crippen LogP contribution in [0.1, 0.15) is 58.1 Å². The van der Waals surface area contributed by atoms with E-state index in [0.29, 0.717) is 18.5 Å². The standard InChI is InChI=1S/C24H34N2O2/c1-6-19(14-18(4)28-16-22-8-7-13-26(22)17(2)3)20-9-11-23-21(15-20)10-12-24(27)25(23)5/h6,9,11,14-15,17,22H,7-8,10,12-13,16H2,1-5H3. The third kappa shape index (κ3) is 4.49. The maximum atomic E-state index is 11.9. The van der Waals surface area contributed by atoms with E-state index in [1.807, 2.05) is 14.0 Å². The molecule has 28 heavy (non-hydrogen) atoms. The minimum Gasteiger partial charge on any atom is -0.497 e. The molecule has 1 aromatic carbocycles. The van der Waals surface area contributed by atoms with Crippen LogP contribution in [0.15, 0.2) is 36.1 Å². The van der Waals surface area contributed by atoms with E-state index in [4.69, 9.17) is 4.74 Å². The average Bonchev–Trinajstić information content (AvgIpc) is 3.16. The first kappa shape index (κ1) is 20.7. The van der Waals surface area contributed by atoms with E-state index in [1.165, 1.54) is 30.5 Å². The first-order valence-corrected chi connectivity index (χ1v) is 10.5. The fourth-order valence-electron chi connectivity index (χ4n) is 4.37. The maximum absolute atomic E-state index is 11.9. The number of hydrogen-bond donors (Lipinski definition) is 0. The summed E-state index contributed by atoms with van der Waals surface area (Å²) in [5, 5.41) is 0. The second-order valence-corrected chi connectivity index (χ2v) is 8.23. The van der Waals surface area contributed by atoms with E-state index in [1.54, 1.807) is 4.90 Å². The molecule has 1 unspecified atom stereocenters. The Morgan fingerprint density at radius 2 is 2.11 bits per heavy atom. The number of likely N-dealkylation sites (tertiary alicyclic amines) is 1. The predicted octanol–water partition coefficient (Wildman–Crippen LogP) is 4.79. The molecule has 1 aromatic rings. The Hall–Kier alpha value is -2.07. The zero-order chi connectivity index (χ0) is 20.3. The number of amides is 1. The highest BCUT2D eigenvalue weighted by Crippen LogP contribution is 2.30. The summed E-state index contributed by atoms with van der Waals surface area (Å²) < 4.78 is 6.13. The van der Waals surface area contributed by atoms with E-state index < -0.39 is 0 Å². The molecule has 0 N–H and O–H groups in total. The van der Waals surface area contributed by atoms with Gasteiger partial charge < -0.3 is 9.64 Å². The van der Waals surface area contributed by atoms with Crippen LogP contribution in [0.5, 0.6) is 0 Å².